The highest BCUT2D eigenvalue weighted by Gasteiger charge is 2.43. The van der Waals surface area contributed by atoms with Crippen LogP contribution in [-0.4, -0.2) is 56.5 Å². The van der Waals surface area contributed by atoms with Crippen molar-refractivity contribution in [1.29, 1.82) is 0 Å². The van der Waals surface area contributed by atoms with Crippen molar-refractivity contribution in [3.8, 4) is 16.9 Å². The minimum Gasteiger partial charge on any atom is -0.462 e. The van der Waals surface area contributed by atoms with Gasteiger partial charge in [-0.1, -0.05) is 48.5 Å². The smallest absolute Gasteiger partial charge is 0.253 e. The van der Waals surface area contributed by atoms with Crippen molar-refractivity contribution >= 4 is 15.9 Å². The van der Waals surface area contributed by atoms with Crippen LogP contribution in [0, 0.1) is 0 Å². The molecule has 2 aliphatic heterocycles. The Balaban J connectivity index is 1.25. The van der Waals surface area contributed by atoms with Gasteiger partial charge in [-0.15, -0.1) is 0 Å². The molecule has 1 amide bonds. The van der Waals surface area contributed by atoms with E-state index in [0.29, 0.717) is 38.1 Å². The second-order valence-electron chi connectivity index (χ2n) is 9.54. The normalized spacial score (nSPS) is 17.3. The predicted molar refractivity (Wildman–Crippen MR) is 138 cm³/mol. The van der Waals surface area contributed by atoms with Gasteiger partial charge >= 0.3 is 0 Å². The molecule has 3 aromatic carbocycles. The minimum atomic E-state index is -3.40. The number of hydrogen-bond donors (Lipinski definition) is 0. The molecule has 0 radical (unpaired) electrons. The van der Waals surface area contributed by atoms with Crippen LogP contribution < -0.4 is 4.74 Å². The monoisotopic (exact) mass is 506 g/mol. The van der Waals surface area contributed by atoms with Gasteiger partial charge in [-0.25, -0.2) is 12.7 Å². The zero-order valence-corrected chi connectivity index (χ0v) is 21.3. The van der Waals surface area contributed by atoms with Gasteiger partial charge in [-0.05, 0) is 41.0 Å². The van der Waals surface area contributed by atoms with Gasteiger partial charge in [0.05, 0.1) is 12.4 Å². The fourth-order valence-electron chi connectivity index (χ4n) is 4.70. The zero-order chi connectivity index (χ0) is 25.3. The second kappa shape index (κ2) is 9.69. The van der Waals surface area contributed by atoms with Crippen LogP contribution in [0.1, 0.15) is 34.3 Å². The van der Waals surface area contributed by atoms with E-state index >= 15 is 0 Å². The van der Waals surface area contributed by atoms with Crippen LogP contribution >= 0.6 is 0 Å². The maximum absolute atomic E-state index is 12.9. The fourth-order valence-corrected chi connectivity index (χ4v) is 6.24. The molecule has 0 aromatic heterocycles. The number of piperidine rings is 1. The van der Waals surface area contributed by atoms with Crippen LogP contribution in [0.2, 0.25) is 0 Å². The lowest BCUT2D eigenvalue weighted by molar-refractivity contribution is -0.223. The Labute approximate surface area is 212 Å². The summed E-state index contributed by atoms with van der Waals surface area (Å²) in [5.74, 6) is -0.0667. The van der Waals surface area contributed by atoms with Gasteiger partial charge in [-0.2, -0.15) is 0 Å². The van der Waals surface area contributed by atoms with E-state index in [9.17, 15) is 13.2 Å². The summed E-state index contributed by atoms with van der Waals surface area (Å²) in [6.45, 7) is 1.12. The molecule has 7 nitrogen and oxygen atoms in total. The third-order valence-electron chi connectivity index (χ3n) is 6.79. The number of benzene rings is 3. The molecule has 0 atom stereocenters. The molecule has 2 aliphatic rings. The Kier molecular flexibility index (Phi) is 6.59. The number of hydrogen-bond acceptors (Lipinski definition) is 5. The maximum Gasteiger partial charge on any atom is 0.253 e. The van der Waals surface area contributed by atoms with E-state index in [1.807, 2.05) is 72.8 Å². The van der Waals surface area contributed by atoms with E-state index in [1.54, 1.807) is 23.3 Å². The van der Waals surface area contributed by atoms with Crippen molar-refractivity contribution < 1.29 is 22.7 Å². The van der Waals surface area contributed by atoms with E-state index in [1.165, 1.54) is 0 Å². The summed E-state index contributed by atoms with van der Waals surface area (Å²) in [5.41, 5.74) is 4.40. The first-order valence-corrected chi connectivity index (χ1v) is 13.7. The lowest BCUT2D eigenvalue weighted by atomic mass is 9.99. The first-order valence-electron chi connectivity index (χ1n) is 12.0. The van der Waals surface area contributed by atoms with Crippen molar-refractivity contribution in [1.82, 2.24) is 9.21 Å². The molecule has 0 bridgehead atoms. The average Bonchev–Trinajstić information content (AvgIpc) is 2.88. The van der Waals surface area contributed by atoms with Gasteiger partial charge in [-0.3, -0.25) is 4.79 Å². The number of nitrogens with zero attached hydrogens (tertiary/aromatic N) is 2. The highest BCUT2D eigenvalue weighted by Crippen LogP contribution is 2.39. The summed E-state index contributed by atoms with van der Waals surface area (Å²) < 4.78 is 39.9. The Morgan fingerprint density at radius 3 is 2.28 bits per heavy atom. The molecular weight excluding hydrogens is 476 g/mol. The van der Waals surface area contributed by atoms with Gasteiger partial charge < -0.3 is 14.4 Å². The van der Waals surface area contributed by atoms with E-state index in [2.05, 4.69) is 0 Å². The highest BCUT2D eigenvalue weighted by molar-refractivity contribution is 7.88. The molecule has 8 heteroatoms. The van der Waals surface area contributed by atoms with Crippen molar-refractivity contribution in [3.63, 3.8) is 0 Å². The number of carbonyl (C=O) groups is 1. The number of rotatable bonds is 5. The summed E-state index contributed by atoms with van der Waals surface area (Å²) in [4.78, 5) is 13.7. The van der Waals surface area contributed by atoms with Gasteiger partial charge in [0.1, 0.15) is 5.75 Å². The lowest BCUT2D eigenvalue weighted by Crippen LogP contribution is -2.52. The highest BCUT2D eigenvalue weighted by atomic mass is 32.2. The molecule has 1 saturated heterocycles. The Bertz CT molecular complexity index is 1350. The van der Waals surface area contributed by atoms with Crippen molar-refractivity contribution in [3.05, 3.63) is 89.5 Å². The molecule has 2 heterocycles. The summed E-state index contributed by atoms with van der Waals surface area (Å²) in [5, 5.41) is 0. The molecule has 0 aliphatic carbocycles. The number of amides is 1. The standard InChI is InChI=1S/C28H30N2O5S/c1-29(2)27(31)23-10-8-22(9-11-23)24-12-13-26-25(18-24)19-34-28(35-26)14-16-30(17-15-28)36(32,33)20-21-6-4-3-5-7-21/h3-13,18H,14-17,19-20H2,1-2H3. The Hall–Kier alpha value is -3.20. The third kappa shape index (κ3) is 5.02. The molecule has 1 fully saturated rings. The summed E-state index contributed by atoms with van der Waals surface area (Å²) in [6.07, 6.45) is 0.952. The van der Waals surface area contributed by atoms with Crippen molar-refractivity contribution in [2.75, 3.05) is 27.2 Å². The van der Waals surface area contributed by atoms with Crippen molar-refractivity contribution in [2.45, 2.75) is 31.0 Å². The second-order valence-corrected chi connectivity index (χ2v) is 11.5. The van der Waals surface area contributed by atoms with E-state index in [-0.39, 0.29) is 11.7 Å². The Morgan fingerprint density at radius 2 is 1.61 bits per heavy atom. The fraction of sp³-hybridized carbons (Fsp3) is 0.321. The van der Waals surface area contributed by atoms with Gasteiger partial charge in [0.15, 0.2) is 0 Å². The van der Waals surface area contributed by atoms with Gasteiger partial charge in [0.25, 0.3) is 5.91 Å². The topological polar surface area (TPSA) is 76.2 Å². The number of sulfonamides is 1. The summed E-state index contributed by atoms with van der Waals surface area (Å²) in [7, 11) is 0.0688. The van der Waals surface area contributed by atoms with Gasteiger partial charge in [0.2, 0.25) is 15.8 Å². The quantitative estimate of drug-likeness (QED) is 0.516. The largest absolute Gasteiger partial charge is 0.462 e. The van der Waals surface area contributed by atoms with Crippen LogP contribution in [0.4, 0.5) is 0 Å². The molecule has 188 valence electrons. The van der Waals surface area contributed by atoms with Crippen LogP contribution in [0.3, 0.4) is 0 Å². The van der Waals surface area contributed by atoms with Crippen LogP contribution in [0.5, 0.6) is 5.75 Å². The molecular formula is C28H30N2O5S. The molecule has 3 aromatic rings. The predicted octanol–water partition coefficient (Wildman–Crippen LogP) is 4.29. The molecule has 36 heavy (non-hydrogen) atoms. The van der Waals surface area contributed by atoms with E-state index in [0.717, 1.165) is 28.0 Å². The number of carbonyl (C=O) groups excluding carboxylic acids is 1. The lowest BCUT2D eigenvalue weighted by Gasteiger charge is -2.43. The Morgan fingerprint density at radius 1 is 0.944 bits per heavy atom. The summed E-state index contributed by atoms with van der Waals surface area (Å²) in [6, 6.07) is 22.8. The van der Waals surface area contributed by atoms with Crippen LogP contribution in [0.15, 0.2) is 72.8 Å². The van der Waals surface area contributed by atoms with E-state index in [4.69, 9.17) is 9.47 Å². The van der Waals surface area contributed by atoms with Crippen LogP contribution in [0.25, 0.3) is 11.1 Å². The average molecular weight is 507 g/mol. The molecule has 0 unspecified atom stereocenters. The summed E-state index contributed by atoms with van der Waals surface area (Å²) >= 11 is 0. The van der Waals surface area contributed by atoms with Gasteiger partial charge in [0, 0.05) is 51.2 Å². The third-order valence-corrected chi connectivity index (χ3v) is 8.64. The molecule has 5 rings (SSSR count). The SMILES string of the molecule is CN(C)C(=O)c1ccc(-c2ccc3c(c2)COC2(CCN(S(=O)(=O)Cc4ccccc4)CC2)O3)cc1. The van der Waals surface area contributed by atoms with E-state index < -0.39 is 15.8 Å². The molecule has 1 spiro atoms. The first-order chi connectivity index (χ1) is 17.2. The van der Waals surface area contributed by atoms with Crippen molar-refractivity contribution in [2.24, 2.45) is 0 Å². The number of ether oxygens (including phenoxy) is 2. The molecule has 0 saturated carbocycles. The zero-order valence-electron chi connectivity index (χ0n) is 20.5. The number of fused-ring (bicyclic) bond motifs is 1. The maximum atomic E-state index is 12.9. The first kappa shape index (κ1) is 24.5. The van der Waals surface area contributed by atoms with Crippen LogP contribution in [-0.2, 0) is 27.1 Å². The minimum absolute atomic E-state index is 0.00154. The molecule has 0 N–H and O–H groups in total.